The average molecular weight is 324 g/mol. The number of allylic oxidation sites excluding steroid dienone is 1. The van der Waals surface area contributed by atoms with Crippen molar-refractivity contribution in [3.8, 4) is 0 Å². The second-order valence-electron chi connectivity index (χ2n) is 3.28. The molecule has 1 atom stereocenters. The molecule has 0 amide bonds. The maximum Gasteiger partial charge on any atom is 0.195 e. The van der Waals surface area contributed by atoms with Crippen LogP contribution in [0.1, 0.15) is 6.92 Å². The third-order valence-electron chi connectivity index (χ3n) is 2.10. The van der Waals surface area contributed by atoms with Crippen LogP contribution in [0.3, 0.4) is 0 Å². The van der Waals surface area contributed by atoms with Gasteiger partial charge in [-0.3, -0.25) is 0 Å². The van der Waals surface area contributed by atoms with Crippen molar-refractivity contribution in [2.75, 3.05) is 5.88 Å². The fraction of sp³-hybridized carbons (Fsp3) is 0.273. The van der Waals surface area contributed by atoms with Crippen LogP contribution in [-0.4, -0.2) is 18.5 Å². The van der Waals surface area contributed by atoms with Gasteiger partial charge in [-0.1, -0.05) is 40.2 Å². The summed E-state index contributed by atoms with van der Waals surface area (Å²) in [5.41, 5.74) is 0.693. The van der Waals surface area contributed by atoms with Crippen LogP contribution in [-0.2, 0) is 9.84 Å². The molecule has 1 unspecified atom stereocenters. The molecule has 0 aliphatic carbocycles. The minimum atomic E-state index is -3.37. The molecule has 16 heavy (non-hydrogen) atoms. The molecule has 0 spiro atoms. The molecule has 0 fully saturated rings. The van der Waals surface area contributed by atoms with E-state index in [1.54, 1.807) is 43.3 Å². The Morgan fingerprint density at radius 1 is 1.44 bits per heavy atom. The fourth-order valence-electron chi connectivity index (χ4n) is 1.19. The number of alkyl halides is 2. The molecule has 2 nitrogen and oxygen atoms in total. The molecule has 0 saturated carbocycles. The molecule has 1 aromatic carbocycles. The Kier molecular flexibility index (Phi) is 5.02. The molecule has 0 radical (unpaired) electrons. The largest absolute Gasteiger partial charge is 0.222 e. The normalized spacial score (nSPS) is 14.8. The third-order valence-corrected chi connectivity index (χ3v) is 6.30. The SMILES string of the molecule is C/C(=C\CCl)C(Br)S(=O)(=O)c1ccccc1. The second-order valence-corrected chi connectivity index (χ2v) is 7.14. The molecule has 1 aromatic rings. The van der Waals surface area contributed by atoms with Gasteiger partial charge in [0.25, 0.3) is 0 Å². The number of benzene rings is 1. The monoisotopic (exact) mass is 322 g/mol. The smallest absolute Gasteiger partial charge is 0.195 e. The van der Waals surface area contributed by atoms with Gasteiger partial charge in [0.15, 0.2) is 9.84 Å². The van der Waals surface area contributed by atoms with Crippen LogP contribution in [0.15, 0.2) is 46.9 Å². The van der Waals surface area contributed by atoms with Crippen LogP contribution in [0.25, 0.3) is 0 Å². The first-order chi connectivity index (χ1) is 7.50. The van der Waals surface area contributed by atoms with Gasteiger partial charge < -0.3 is 0 Å². The first kappa shape index (κ1) is 13.7. The zero-order valence-electron chi connectivity index (χ0n) is 8.73. The first-order valence-electron chi connectivity index (χ1n) is 4.65. The second kappa shape index (κ2) is 5.84. The van der Waals surface area contributed by atoms with Gasteiger partial charge in [0, 0.05) is 5.88 Å². The summed E-state index contributed by atoms with van der Waals surface area (Å²) in [7, 11) is -3.37. The van der Waals surface area contributed by atoms with Crippen LogP contribution in [0, 0.1) is 0 Å². The van der Waals surface area contributed by atoms with E-state index < -0.39 is 14.0 Å². The third kappa shape index (κ3) is 3.09. The Morgan fingerprint density at radius 2 is 2.00 bits per heavy atom. The van der Waals surface area contributed by atoms with E-state index in [9.17, 15) is 8.42 Å². The number of sulfone groups is 1. The Hall–Kier alpha value is -0.320. The van der Waals surface area contributed by atoms with Crippen molar-refractivity contribution in [3.63, 3.8) is 0 Å². The molecule has 0 N–H and O–H groups in total. The highest BCUT2D eigenvalue weighted by molar-refractivity contribution is 9.11. The molecule has 0 aliphatic heterocycles. The van der Waals surface area contributed by atoms with Gasteiger partial charge >= 0.3 is 0 Å². The summed E-state index contributed by atoms with van der Waals surface area (Å²) < 4.78 is 23.5. The molecule has 1 rings (SSSR count). The van der Waals surface area contributed by atoms with Gasteiger partial charge in [0.2, 0.25) is 0 Å². The Bertz CT molecular complexity index is 468. The van der Waals surface area contributed by atoms with E-state index in [-0.39, 0.29) is 0 Å². The molecule has 0 aromatic heterocycles. The van der Waals surface area contributed by atoms with E-state index in [1.807, 2.05) is 0 Å². The highest BCUT2D eigenvalue weighted by atomic mass is 79.9. The Labute approximate surface area is 109 Å². The van der Waals surface area contributed by atoms with Crippen LogP contribution in [0.5, 0.6) is 0 Å². The predicted molar refractivity (Wildman–Crippen MR) is 70.8 cm³/mol. The molecule has 0 saturated heterocycles. The first-order valence-corrected chi connectivity index (χ1v) is 7.65. The van der Waals surface area contributed by atoms with Crippen molar-refractivity contribution in [1.29, 1.82) is 0 Å². The molecular weight excluding hydrogens is 312 g/mol. The van der Waals surface area contributed by atoms with Crippen molar-refractivity contribution >= 4 is 37.4 Å². The van der Waals surface area contributed by atoms with Crippen molar-refractivity contribution in [1.82, 2.24) is 0 Å². The highest BCUT2D eigenvalue weighted by Crippen LogP contribution is 2.25. The topological polar surface area (TPSA) is 34.1 Å². The molecule has 0 aliphatic rings. The fourth-order valence-corrected chi connectivity index (χ4v) is 3.63. The number of halogens is 2. The summed E-state index contributed by atoms with van der Waals surface area (Å²) in [6.07, 6.45) is 1.68. The zero-order chi connectivity index (χ0) is 12.2. The van der Waals surface area contributed by atoms with Gasteiger partial charge in [-0.2, -0.15) is 0 Å². The molecular formula is C11H12BrClO2S. The molecule has 5 heteroatoms. The quantitative estimate of drug-likeness (QED) is 0.629. The Morgan fingerprint density at radius 3 is 2.50 bits per heavy atom. The van der Waals surface area contributed by atoms with Crippen LogP contribution < -0.4 is 0 Å². The van der Waals surface area contributed by atoms with Crippen molar-refractivity contribution in [2.24, 2.45) is 0 Å². The summed E-state index contributed by atoms with van der Waals surface area (Å²) in [5.74, 6) is 0.304. The van der Waals surface area contributed by atoms with Crippen LogP contribution in [0.2, 0.25) is 0 Å². The van der Waals surface area contributed by atoms with Gasteiger partial charge in [-0.05, 0) is 24.6 Å². The van der Waals surface area contributed by atoms with E-state index in [0.717, 1.165) is 0 Å². The predicted octanol–water partition coefficient (Wildman–Crippen LogP) is 3.37. The van der Waals surface area contributed by atoms with Crippen molar-refractivity contribution < 1.29 is 8.42 Å². The maximum absolute atomic E-state index is 12.1. The van der Waals surface area contributed by atoms with Crippen molar-refractivity contribution in [3.05, 3.63) is 42.0 Å². The molecule has 0 heterocycles. The Balaban J connectivity index is 3.09. The van der Waals surface area contributed by atoms with Crippen LogP contribution >= 0.6 is 27.5 Å². The molecule has 0 bridgehead atoms. The van der Waals surface area contributed by atoms with E-state index >= 15 is 0 Å². The minimum Gasteiger partial charge on any atom is -0.222 e. The highest BCUT2D eigenvalue weighted by Gasteiger charge is 2.25. The van der Waals surface area contributed by atoms with Crippen molar-refractivity contribution in [2.45, 2.75) is 16.0 Å². The summed E-state index contributed by atoms with van der Waals surface area (Å²) in [5, 5.41) is 0. The van der Waals surface area contributed by atoms with E-state index in [4.69, 9.17) is 11.6 Å². The van der Waals surface area contributed by atoms with Crippen LogP contribution in [0.4, 0.5) is 0 Å². The standard InChI is InChI=1S/C11H12BrClO2S/c1-9(7-8-13)11(12)16(14,15)10-5-3-2-4-6-10/h2-7,11H,8H2,1H3/b9-7+. The lowest BCUT2D eigenvalue weighted by molar-refractivity contribution is 0.596. The summed E-state index contributed by atoms with van der Waals surface area (Å²) in [6.45, 7) is 1.74. The van der Waals surface area contributed by atoms with E-state index in [1.165, 1.54) is 0 Å². The summed E-state index contributed by atoms with van der Waals surface area (Å²) >= 11 is 8.73. The van der Waals surface area contributed by atoms with Gasteiger partial charge in [-0.25, -0.2) is 8.42 Å². The lowest BCUT2D eigenvalue weighted by atomic mass is 10.3. The lowest BCUT2D eigenvalue weighted by Gasteiger charge is -2.11. The minimum absolute atomic E-state index is 0.304. The van der Waals surface area contributed by atoms with Gasteiger partial charge in [-0.15, -0.1) is 11.6 Å². The average Bonchev–Trinajstić information content (AvgIpc) is 2.29. The van der Waals surface area contributed by atoms with E-state index in [2.05, 4.69) is 15.9 Å². The maximum atomic E-state index is 12.1. The number of hydrogen-bond donors (Lipinski definition) is 0. The summed E-state index contributed by atoms with van der Waals surface area (Å²) in [4.78, 5) is 0.305. The van der Waals surface area contributed by atoms with E-state index in [0.29, 0.717) is 16.3 Å². The summed E-state index contributed by atoms with van der Waals surface area (Å²) in [6, 6.07) is 8.35. The lowest BCUT2D eigenvalue weighted by Crippen LogP contribution is -2.16. The van der Waals surface area contributed by atoms with Gasteiger partial charge in [0.05, 0.1) is 4.90 Å². The number of rotatable bonds is 4. The molecule has 88 valence electrons. The zero-order valence-corrected chi connectivity index (χ0v) is 11.9. The van der Waals surface area contributed by atoms with Gasteiger partial charge in [0.1, 0.15) is 4.16 Å². The number of hydrogen-bond acceptors (Lipinski definition) is 2.